The maximum absolute atomic E-state index is 11.6. The fraction of sp³-hybridized carbons (Fsp3) is 0.100. The molecule has 3 aromatic rings. The van der Waals surface area contributed by atoms with Gasteiger partial charge in [0.15, 0.2) is 6.61 Å². The van der Waals surface area contributed by atoms with Gasteiger partial charge in [0.2, 0.25) is 4.80 Å². The average molecular weight is 389 g/mol. The number of hydrogen-bond donors (Lipinski definition) is 1. The zero-order valence-electron chi connectivity index (χ0n) is 14.9. The molecule has 1 amide bonds. The minimum atomic E-state index is -0.175. The fourth-order valence-electron chi connectivity index (χ4n) is 2.77. The van der Waals surface area contributed by atoms with Gasteiger partial charge in [-0.1, -0.05) is 12.1 Å². The monoisotopic (exact) mass is 389 g/mol. The zero-order chi connectivity index (χ0) is 19.5. The van der Waals surface area contributed by atoms with Crippen molar-refractivity contribution in [3.05, 3.63) is 63.8 Å². The van der Waals surface area contributed by atoms with E-state index < -0.39 is 0 Å². The van der Waals surface area contributed by atoms with Crippen LogP contribution >= 0.6 is 11.3 Å². The van der Waals surface area contributed by atoms with Crippen molar-refractivity contribution in [2.24, 2.45) is 10.1 Å². The minimum absolute atomic E-state index is 0.0263. The van der Waals surface area contributed by atoms with Crippen molar-refractivity contribution in [1.29, 1.82) is 5.26 Å². The van der Waals surface area contributed by atoms with Gasteiger partial charge in [-0.05, 0) is 35.9 Å². The van der Waals surface area contributed by atoms with Crippen molar-refractivity contribution in [3.8, 4) is 23.1 Å². The Hall–Kier alpha value is -3.70. The molecule has 2 heterocycles. The number of nitrogens with zero attached hydrogens (tertiary/aromatic N) is 4. The molecule has 0 radical (unpaired) electrons. The van der Waals surface area contributed by atoms with Gasteiger partial charge in [-0.3, -0.25) is 9.79 Å². The first-order valence-electron chi connectivity index (χ1n) is 8.43. The van der Waals surface area contributed by atoms with Gasteiger partial charge in [0.1, 0.15) is 5.75 Å². The van der Waals surface area contributed by atoms with Crippen LogP contribution < -0.4 is 14.9 Å². The maximum atomic E-state index is 11.6. The molecule has 28 heavy (non-hydrogen) atoms. The molecule has 0 unspecified atom stereocenters. The van der Waals surface area contributed by atoms with Gasteiger partial charge >= 0.3 is 0 Å². The normalized spacial score (nSPS) is 13.7. The summed E-state index contributed by atoms with van der Waals surface area (Å²) in [4.78, 5) is 16.6. The van der Waals surface area contributed by atoms with E-state index >= 15 is 0 Å². The Kier molecular flexibility index (Phi) is 4.74. The van der Waals surface area contributed by atoms with Crippen LogP contribution in [0.3, 0.4) is 0 Å². The number of benzene rings is 2. The number of carbonyl (C=O) groups excluding carboxylic acids is 1. The summed E-state index contributed by atoms with van der Waals surface area (Å²) in [5.74, 6) is 0.470. The Bertz CT molecular complexity index is 1180. The van der Waals surface area contributed by atoms with Crippen LogP contribution in [-0.4, -0.2) is 30.5 Å². The number of fused-ring (bicyclic) bond motifs is 1. The number of amides is 1. The van der Waals surface area contributed by atoms with Crippen molar-refractivity contribution >= 4 is 29.1 Å². The van der Waals surface area contributed by atoms with Crippen LogP contribution in [0.5, 0.6) is 5.75 Å². The predicted molar refractivity (Wildman–Crippen MR) is 108 cm³/mol. The third-order valence-electron chi connectivity index (χ3n) is 4.15. The highest BCUT2D eigenvalue weighted by Crippen LogP contribution is 2.32. The van der Waals surface area contributed by atoms with Crippen LogP contribution in [0.4, 0.5) is 5.69 Å². The van der Waals surface area contributed by atoms with Crippen LogP contribution in [0.25, 0.3) is 11.3 Å². The lowest BCUT2D eigenvalue weighted by Gasteiger charge is -2.18. The molecule has 0 atom stereocenters. The third-order valence-corrected chi connectivity index (χ3v) is 5.05. The first-order chi connectivity index (χ1) is 13.7. The lowest BCUT2D eigenvalue weighted by Crippen LogP contribution is -2.25. The number of nitrogens with one attached hydrogen (secondary N) is 1. The van der Waals surface area contributed by atoms with Crippen molar-refractivity contribution in [2.45, 2.75) is 0 Å². The molecular formula is C20H15N5O2S. The quantitative estimate of drug-likeness (QED) is 0.698. The number of thiazole rings is 1. The van der Waals surface area contributed by atoms with Crippen LogP contribution in [0.2, 0.25) is 0 Å². The SMILES string of the molecule is CN=c1scc(-c2ccc3c(c2)NC(=O)CO3)n1/N=C/c1ccc(C#N)cc1. The first kappa shape index (κ1) is 17.7. The highest BCUT2D eigenvalue weighted by molar-refractivity contribution is 7.07. The summed E-state index contributed by atoms with van der Waals surface area (Å²) < 4.78 is 7.17. The number of ether oxygens (including phenoxy) is 1. The van der Waals surface area contributed by atoms with E-state index in [1.54, 1.807) is 30.1 Å². The largest absolute Gasteiger partial charge is 0.482 e. The molecule has 2 aromatic carbocycles. The van der Waals surface area contributed by atoms with Crippen molar-refractivity contribution in [3.63, 3.8) is 0 Å². The summed E-state index contributed by atoms with van der Waals surface area (Å²) in [6, 6.07) is 14.9. The zero-order valence-corrected chi connectivity index (χ0v) is 15.7. The van der Waals surface area contributed by atoms with Crippen LogP contribution in [0.1, 0.15) is 11.1 Å². The molecule has 0 fully saturated rings. The average Bonchev–Trinajstić information content (AvgIpc) is 3.15. The Morgan fingerprint density at radius 1 is 1.29 bits per heavy atom. The maximum Gasteiger partial charge on any atom is 0.262 e. The number of hydrogen-bond acceptors (Lipinski definition) is 6. The third kappa shape index (κ3) is 3.43. The van der Waals surface area contributed by atoms with Crippen molar-refractivity contribution in [1.82, 2.24) is 4.68 Å². The number of nitriles is 1. The Labute approximate surface area is 164 Å². The van der Waals surface area contributed by atoms with Gasteiger partial charge in [-0.15, -0.1) is 11.3 Å². The summed E-state index contributed by atoms with van der Waals surface area (Å²) in [7, 11) is 1.71. The minimum Gasteiger partial charge on any atom is -0.482 e. The molecule has 7 nitrogen and oxygen atoms in total. The molecule has 0 spiro atoms. The van der Waals surface area contributed by atoms with E-state index in [1.807, 2.05) is 35.7 Å². The van der Waals surface area contributed by atoms with Gasteiger partial charge in [0.05, 0.1) is 29.2 Å². The summed E-state index contributed by atoms with van der Waals surface area (Å²) in [5.41, 5.74) is 3.84. The molecule has 138 valence electrons. The van der Waals surface area contributed by atoms with Crippen LogP contribution in [-0.2, 0) is 4.79 Å². The fourth-order valence-corrected chi connectivity index (χ4v) is 3.58. The highest BCUT2D eigenvalue weighted by atomic mass is 32.1. The van der Waals surface area contributed by atoms with Gasteiger partial charge < -0.3 is 10.1 Å². The molecule has 4 rings (SSSR count). The smallest absolute Gasteiger partial charge is 0.262 e. The number of anilines is 1. The second-order valence-electron chi connectivity index (χ2n) is 5.97. The molecule has 0 aliphatic carbocycles. The Morgan fingerprint density at radius 2 is 2.11 bits per heavy atom. The number of carbonyl (C=O) groups is 1. The molecular weight excluding hydrogens is 374 g/mol. The summed E-state index contributed by atoms with van der Waals surface area (Å²) in [5, 5.41) is 18.3. The number of aromatic nitrogens is 1. The Morgan fingerprint density at radius 3 is 2.86 bits per heavy atom. The van der Waals surface area contributed by atoms with E-state index in [2.05, 4.69) is 21.5 Å². The predicted octanol–water partition coefficient (Wildman–Crippen LogP) is 2.83. The lowest BCUT2D eigenvalue weighted by molar-refractivity contribution is -0.118. The highest BCUT2D eigenvalue weighted by Gasteiger charge is 2.17. The van der Waals surface area contributed by atoms with Gasteiger partial charge in [0.25, 0.3) is 5.91 Å². The molecule has 1 aliphatic heterocycles. The molecule has 0 saturated carbocycles. The second kappa shape index (κ2) is 7.50. The van der Waals surface area contributed by atoms with E-state index in [0.29, 0.717) is 17.0 Å². The molecule has 1 aliphatic rings. The molecule has 1 aromatic heterocycles. The number of rotatable bonds is 3. The van der Waals surface area contributed by atoms with Crippen molar-refractivity contribution < 1.29 is 9.53 Å². The summed E-state index contributed by atoms with van der Waals surface area (Å²) in [6.45, 7) is 0.0263. The second-order valence-corrected chi connectivity index (χ2v) is 6.80. The summed E-state index contributed by atoms with van der Waals surface area (Å²) >= 11 is 1.47. The van der Waals surface area contributed by atoms with E-state index in [0.717, 1.165) is 21.6 Å². The van der Waals surface area contributed by atoms with Gasteiger partial charge in [0, 0.05) is 18.0 Å². The van der Waals surface area contributed by atoms with E-state index in [9.17, 15) is 4.79 Å². The lowest BCUT2D eigenvalue weighted by atomic mass is 10.1. The van der Waals surface area contributed by atoms with Crippen LogP contribution in [0, 0.1) is 11.3 Å². The van der Waals surface area contributed by atoms with Gasteiger partial charge in [-0.25, -0.2) is 4.68 Å². The molecule has 8 heteroatoms. The Balaban J connectivity index is 1.72. The molecule has 0 saturated heterocycles. The van der Waals surface area contributed by atoms with E-state index in [4.69, 9.17) is 10.00 Å². The topological polar surface area (TPSA) is 91.8 Å². The molecule has 0 bridgehead atoms. The van der Waals surface area contributed by atoms with Crippen molar-refractivity contribution in [2.75, 3.05) is 19.0 Å². The van der Waals surface area contributed by atoms with E-state index in [1.165, 1.54) is 11.3 Å². The van der Waals surface area contributed by atoms with Gasteiger partial charge in [-0.2, -0.15) is 10.4 Å². The standard InChI is InChI=1S/C20H15N5O2S/c1-22-20-25(23-10-14-4-2-13(9-21)3-5-14)17(12-28-20)15-6-7-18-16(8-15)24-19(26)11-27-18/h2-8,10,12H,11H2,1H3,(H,24,26)/b22-20?,23-10+. The summed E-state index contributed by atoms with van der Waals surface area (Å²) in [6.07, 6.45) is 1.72. The van der Waals surface area contributed by atoms with Crippen LogP contribution in [0.15, 0.2) is 57.9 Å². The molecule has 1 N–H and O–H groups in total. The first-order valence-corrected chi connectivity index (χ1v) is 9.31. The van der Waals surface area contributed by atoms with E-state index in [-0.39, 0.29) is 12.5 Å².